The summed E-state index contributed by atoms with van der Waals surface area (Å²) in [6, 6.07) is 0. The number of rotatable bonds is 1. The summed E-state index contributed by atoms with van der Waals surface area (Å²) in [5.41, 5.74) is 3.08. The van der Waals surface area contributed by atoms with Crippen molar-refractivity contribution in [2.45, 2.75) is 27.2 Å². The number of hydrogen-bond donors (Lipinski definition) is 0. The topological polar surface area (TPSA) is 0 Å². The molecule has 0 aliphatic heterocycles. The highest BCUT2D eigenvalue weighted by molar-refractivity contribution is 5.32. The Morgan fingerprint density at radius 1 is 1.44 bits per heavy atom. The van der Waals surface area contributed by atoms with Crippen LogP contribution in [0.1, 0.15) is 27.2 Å². The molecule has 0 aromatic rings. The van der Waals surface area contributed by atoms with E-state index in [1.54, 1.807) is 5.57 Å². The second-order valence-electron chi connectivity index (χ2n) is 2.97. The predicted molar refractivity (Wildman–Crippen MR) is 41.3 cm³/mol. The van der Waals surface area contributed by atoms with E-state index in [2.05, 4.69) is 32.9 Å². The summed E-state index contributed by atoms with van der Waals surface area (Å²) < 4.78 is 0. The van der Waals surface area contributed by atoms with E-state index < -0.39 is 0 Å². The van der Waals surface area contributed by atoms with Crippen LogP contribution in [0, 0.1) is 5.92 Å². The van der Waals surface area contributed by atoms with Crippen molar-refractivity contribution in [2.75, 3.05) is 0 Å². The molecule has 0 N–H and O–H groups in total. The lowest BCUT2D eigenvalue weighted by Crippen LogP contribution is -1.91. The Morgan fingerprint density at radius 2 is 2.11 bits per heavy atom. The summed E-state index contributed by atoms with van der Waals surface area (Å²) in [7, 11) is 0. The molecular formula is C9H14. The second kappa shape index (κ2) is 2.38. The van der Waals surface area contributed by atoms with Gasteiger partial charge in [0.25, 0.3) is 0 Å². The fourth-order valence-electron chi connectivity index (χ4n) is 1.32. The molecule has 1 rings (SSSR count). The molecule has 0 unspecified atom stereocenters. The normalized spacial score (nSPS) is 18.2. The van der Waals surface area contributed by atoms with Crippen molar-refractivity contribution >= 4 is 0 Å². The third-order valence-electron chi connectivity index (χ3n) is 1.91. The van der Waals surface area contributed by atoms with E-state index in [1.165, 1.54) is 12.0 Å². The first-order valence-corrected chi connectivity index (χ1v) is 3.58. The molecule has 0 saturated heterocycles. The molecule has 0 atom stereocenters. The minimum atomic E-state index is 0.736. The minimum absolute atomic E-state index is 0.736. The van der Waals surface area contributed by atoms with Crippen LogP contribution in [0.25, 0.3) is 0 Å². The first-order chi connectivity index (χ1) is 4.22. The van der Waals surface area contributed by atoms with E-state index >= 15 is 0 Å². The van der Waals surface area contributed by atoms with Crippen LogP contribution >= 0.6 is 0 Å². The second-order valence-corrected chi connectivity index (χ2v) is 2.97. The van der Waals surface area contributed by atoms with Gasteiger partial charge in [-0.1, -0.05) is 37.1 Å². The van der Waals surface area contributed by atoms with Gasteiger partial charge in [0.05, 0.1) is 0 Å². The maximum Gasteiger partial charge on any atom is -0.0127 e. The predicted octanol–water partition coefficient (Wildman–Crippen LogP) is 2.92. The Bertz CT molecular complexity index is 159. The van der Waals surface area contributed by atoms with E-state index in [-0.39, 0.29) is 0 Å². The van der Waals surface area contributed by atoms with Gasteiger partial charge in [-0.05, 0) is 19.3 Å². The van der Waals surface area contributed by atoms with Crippen molar-refractivity contribution in [3.63, 3.8) is 0 Å². The highest BCUT2D eigenvalue weighted by Crippen LogP contribution is 2.24. The van der Waals surface area contributed by atoms with Gasteiger partial charge in [-0.15, -0.1) is 0 Å². The molecular weight excluding hydrogens is 108 g/mol. The lowest BCUT2D eigenvalue weighted by atomic mass is 10.00. The van der Waals surface area contributed by atoms with Gasteiger partial charge in [-0.3, -0.25) is 0 Å². The van der Waals surface area contributed by atoms with Crippen LogP contribution in [-0.2, 0) is 0 Å². The third-order valence-corrected chi connectivity index (χ3v) is 1.91. The van der Waals surface area contributed by atoms with Crippen LogP contribution in [-0.4, -0.2) is 0 Å². The quantitative estimate of drug-likeness (QED) is 0.501. The summed E-state index contributed by atoms with van der Waals surface area (Å²) in [4.78, 5) is 0. The van der Waals surface area contributed by atoms with Gasteiger partial charge in [0.1, 0.15) is 0 Å². The van der Waals surface area contributed by atoms with Crippen molar-refractivity contribution in [3.05, 3.63) is 23.3 Å². The Labute approximate surface area is 57.3 Å². The van der Waals surface area contributed by atoms with E-state index in [9.17, 15) is 0 Å². The molecule has 1 aliphatic rings. The van der Waals surface area contributed by atoms with Gasteiger partial charge in [-0.25, -0.2) is 0 Å². The molecule has 1 aliphatic carbocycles. The first-order valence-electron chi connectivity index (χ1n) is 3.58. The fraction of sp³-hybridized carbons (Fsp3) is 0.556. The lowest BCUT2D eigenvalue weighted by Gasteiger charge is -2.06. The van der Waals surface area contributed by atoms with Crippen molar-refractivity contribution in [1.82, 2.24) is 0 Å². The number of hydrogen-bond acceptors (Lipinski definition) is 0. The van der Waals surface area contributed by atoms with Gasteiger partial charge in [0, 0.05) is 0 Å². The SMILES string of the molecule is CC1=C(C(C)C)CC=C1. The molecule has 9 heavy (non-hydrogen) atoms. The third kappa shape index (κ3) is 1.24. The summed E-state index contributed by atoms with van der Waals surface area (Å²) >= 11 is 0. The zero-order valence-electron chi connectivity index (χ0n) is 6.44. The zero-order chi connectivity index (χ0) is 6.85. The van der Waals surface area contributed by atoms with Gasteiger partial charge in [0.15, 0.2) is 0 Å². The van der Waals surface area contributed by atoms with Crippen molar-refractivity contribution < 1.29 is 0 Å². The Kier molecular flexibility index (Phi) is 1.75. The number of allylic oxidation sites excluding steroid dienone is 4. The van der Waals surface area contributed by atoms with Crippen LogP contribution in [0.15, 0.2) is 23.3 Å². The molecule has 0 saturated carbocycles. The summed E-state index contributed by atoms with van der Waals surface area (Å²) in [5, 5.41) is 0. The highest BCUT2D eigenvalue weighted by atomic mass is 14.1. The van der Waals surface area contributed by atoms with Gasteiger partial charge >= 0.3 is 0 Å². The minimum Gasteiger partial charge on any atom is -0.0802 e. The molecule has 0 spiro atoms. The summed E-state index contributed by atoms with van der Waals surface area (Å²) in [6.07, 6.45) is 5.64. The lowest BCUT2D eigenvalue weighted by molar-refractivity contribution is 0.746. The van der Waals surface area contributed by atoms with E-state index in [1.807, 2.05) is 0 Å². The molecule has 0 bridgehead atoms. The van der Waals surface area contributed by atoms with Gasteiger partial charge in [-0.2, -0.15) is 0 Å². The van der Waals surface area contributed by atoms with Crippen LogP contribution in [0.4, 0.5) is 0 Å². The molecule has 0 radical (unpaired) electrons. The Hall–Kier alpha value is -0.520. The van der Waals surface area contributed by atoms with Crippen LogP contribution in [0.2, 0.25) is 0 Å². The van der Waals surface area contributed by atoms with Crippen molar-refractivity contribution in [2.24, 2.45) is 5.92 Å². The maximum absolute atomic E-state index is 2.26. The summed E-state index contributed by atoms with van der Waals surface area (Å²) in [6.45, 7) is 6.70. The Morgan fingerprint density at radius 3 is 2.33 bits per heavy atom. The average molecular weight is 122 g/mol. The van der Waals surface area contributed by atoms with Crippen LogP contribution < -0.4 is 0 Å². The molecule has 0 aromatic heterocycles. The zero-order valence-corrected chi connectivity index (χ0v) is 6.44. The summed E-state index contributed by atoms with van der Waals surface area (Å²) in [5.74, 6) is 0.736. The van der Waals surface area contributed by atoms with Crippen molar-refractivity contribution in [1.29, 1.82) is 0 Å². The first kappa shape index (κ1) is 6.60. The van der Waals surface area contributed by atoms with Crippen molar-refractivity contribution in [3.8, 4) is 0 Å². The highest BCUT2D eigenvalue weighted by Gasteiger charge is 2.07. The Balaban J connectivity index is 2.73. The molecule has 0 heterocycles. The molecule has 50 valence electrons. The fourth-order valence-corrected chi connectivity index (χ4v) is 1.32. The standard InChI is InChI=1S/C9H14/c1-7(2)9-6-4-5-8(9)3/h4-5,7H,6H2,1-3H3. The van der Waals surface area contributed by atoms with Gasteiger partial charge in [0.2, 0.25) is 0 Å². The molecule has 0 heteroatoms. The van der Waals surface area contributed by atoms with Gasteiger partial charge < -0.3 is 0 Å². The van der Waals surface area contributed by atoms with E-state index in [4.69, 9.17) is 0 Å². The van der Waals surface area contributed by atoms with E-state index in [0.29, 0.717) is 0 Å². The maximum atomic E-state index is 2.26. The molecule has 0 fully saturated rings. The van der Waals surface area contributed by atoms with Crippen LogP contribution in [0.3, 0.4) is 0 Å². The smallest absolute Gasteiger partial charge is 0.0127 e. The monoisotopic (exact) mass is 122 g/mol. The largest absolute Gasteiger partial charge is 0.0802 e. The van der Waals surface area contributed by atoms with E-state index in [0.717, 1.165) is 5.92 Å². The molecule has 0 amide bonds. The van der Waals surface area contributed by atoms with Crippen LogP contribution in [0.5, 0.6) is 0 Å². The molecule has 0 nitrogen and oxygen atoms in total. The average Bonchev–Trinajstić information content (AvgIpc) is 2.13. The molecule has 0 aromatic carbocycles.